The predicted octanol–water partition coefficient (Wildman–Crippen LogP) is 1.22. The van der Waals surface area contributed by atoms with Crippen LogP contribution in [0.1, 0.15) is 33.1 Å². The first-order valence-corrected chi connectivity index (χ1v) is 6.96. The van der Waals surface area contributed by atoms with Crippen molar-refractivity contribution in [1.82, 2.24) is 0 Å². The Balaban J connectivity index is 1.96. The van der Waals surface area contributed by atoms with E-state index >= 15 is 0 Å². The van der Waals surface area contributed by atoms with E-state index in [9.17, 15) is 14.7 Å². The molecule has 106 valence electrons. The summed E-state index contributed by atoms with van der Waals surface area (Å²) < 4.78 is 10.7. The molecule has 4 aliphatic rings. The van der Waals surface area contributed by atoms with Crippen LogP contribution in [0.4, 0.5) is 0 Å². The molecule has 4 atom stereocenters. The van der Waals surface area contributed by atoms with Gasteiger partial charge in [-0.2, -0.15) is 0 Å². The van der Waals surface area contributed by atoms with E-state index in [-0.39, 0.29) is 11.9 Å². The van der Waals surface area contributed by atoms with Gasteiger partial charge in [0.2, 0.25) is 5.79 Å². The Morgan fingerprint density at radius 1 is 1.35 bits per heavy atom. The Hall–Kier alpha value is -1.62. The average molecular weight is 276 g/mol. The fourth-order valence-corrected chi connectivity index (χ4v) is 4.37. The van der Waals surface area contributed by atoms with E-state index in [2.05, 4.69) is 0 Å². The molecule has 0 aromatic carbocycles. The van der Waals surface area contributed by atoms with Gasteiger partial charge in [-0.05, 0) is 25.7 Å². The van der Waals surface area contributed by atoms with Crippen molar-refractivity contribution < 1.29 is 24.2 Å². The van der Waals surface area contributed by atoms with Crippen molar-refractivity contribution in [3.05, 3.63) is 22.8 Å². The first-order chi connectivity index (χ1) is 9.38. The number of hydrogen-bond donors (Lipinski definition) is 1. The average Bonchev–Trinajstić information content (AvgIpc) is 2.75. The zero-order valence-electron chi connectivity index (χ0n) is 11.4. The predicted molar refractivity (Wildman–Crippen MR) is 67.2 cm³/mol. The SMILES string of the molecule is CC1=C2[C@@H]3OC(=O)C4=CCC[C@H](C[C@]2(O)OC1=O)[C@@]43C. The van der Waals surface area contributed by atoms with Gasteiger partial charge in [-0.25, -0.2) is 9.59 Å². The Kier molecular flexibility index (Phi) is 2.03. The van der Waals surface area contributed by atoms with Gasteiger partial charge in [0.15, 0.2) is 0 Å². The summed E-state index contributed by atoms with van der Waals surface area (Å²) in [6.45, 7) is 3.62. The lowest BCUT2D eigenvalue weighted by Crippen LogP contribution is -2.53. The summed E-state index contributed by atoms with van der Waals surface area (Å²) in [6.07, 6.45) is 3.35. The van der Waals surface area contributed by atoms with E-state index in [0.29, 0.717) is 23.1 Å². The minimum Gasteiger partial charge on any atom is -0.453 e. The number of hydrogen-bond acceptors (Lipinski definition) is 5. The van der Waals surface area contributed by atoms with Crippen molar-refractivity contribution in [3.8, 4) is 0 Å². The minimum absolute atomic E-state index is 0.0754. The van der Waals surface area contributed by atoms with E-state index < -0.39 is 23.3 Å². The molecule has 2 aliphatic heterocycles. The smallest absolute Gasteiger partial charge is 0.336 e. The van der Waals surface area contributed by atoms with E-state index in [0.717, 1.165) is 12.8 Å². The molecule has 5 nitrogen and oxygen atoms in total. The molecule has 0 bridgehead atoms. The van der Waals surface area contributed by atoms with Crippen LogP contribution in [0.15, 0.2) is 22.8 Å². The maximum Gasteiger partial charge on any atom is 0.336 e. The van der Waals surface area contributed by atoms with Crippen LogP contribution in [0.25, 0.3) is 0 Å². The molecular weight excluding hydrogens is 260 g/mol. The zero-order valence-corrected chi connectivity index (χ0v) is 11.4. The molecule has 5 heteroatoms. The molecule has 1 saturated carbocycles. The van der Waals surface area contributed by atoms with Crippen molar-refractivity contribution in [2.45, 2.75) is 45.0 Å². The van der Waals surface area contributed by atoms with Gasteiger partial charge >= 0.3 is 11.9 Å². The van der Waals surface area contributed by atoms with Gasteiger partial charge in [0.25, 0.3) is 0 Å². The normalized spacial score (nSPS) is 45.6. The molecule has 0 amide bonds. The Bertz CT molecular complexity index is 616. The van der Waals surface area contributed by atoms with Gasteiger partial charge in [-0.1, -0.05) is 13.0 Å². The molecule has 2 heterocycles. The maximum atomic E-state index is 12.1. The standard InChI is InChI=1S/C15H16O5/c1-7-10-11-14(2)8(6-15(10,18)20-12(7)16)4-3-5-9(14)13(17)19-11/h5,8,11,18H,3-4,6H2,1-2H3/t8-,11+,14+,15+/m1/s1. The van der Waals surface area contributed by atoms with E-state index in [4.69, 9.17) is 9.47 Å². The zero-order chi connectivity index (χ0) is 14.3. The highest BCUT2D eigenvalue weighted by atomic mass is 16.7. The number of fused-ring (bicyclic) bond motifs is 2. The molecule has 2 fully saturated rings. The molecule has 4 rings (SSSR count). The van der Waals surface area contributed by atoms with Gasteiger partial charge in [0.05, 0.1) is 5.57 Å². The third-order valence-corrected chi connectivity index (χ3v) is 5.46. The molecule has 0 spiro atoms. The summed E-state index contributed by atoms with van der Waals surface area (Å²) in [5.74, 6) is -2.36. The molecule has 1 saturated heterocycles. The van der Waals surface area contributed by atoms with Crippen molar-refractivity contribution in [3.63, 3.8) is 0 Å². The third-order valence-electron chi connectivity index (χ3n) is 5.46. The lowest BCUT2D eigenvalue weighted by atomic mass is 9.56. The van der Waals surface area contributed by atoms with Crippen LogP contribution in [0, 0.1) is 11.3 Å². The second kappa shape index (κ2) is 3.34. The van der Waals surface area contributed by atoms with Gasteiger partial charge in [-0.3, -0.25) is 0 Å². The molecule has 0 aromatic rings. The van der Waals surface area contributed by atoms with Crippen molar-refractivity contribution in [2.75, 3.05) is 0 Å². The number of ether oxygens (including phenoxy) is 2. The molecule has 0 unspecified atom stereocenters. The molecular formula is C15H16O5. The van der Waals surface area contributed by atoms with Crippen molar-refractivity contribution in [1.29, 1.82) is 0 Å². The quantitative estimate of drug-likeness (QED) is 0.673. The summed E-state index contributed by atoms with van der Waals surface area (Å²) in [6, 6.07) is 0. The summed E-state index contributed by atoms with van der Waals surface area (Å²) >= 11 is 0. The minimum atomic E-state index is -1.59. The number of aliphatic hydroxyl groups is 1. The van der Waals surface area contributed by atoms with Crippen LogP contribution in [0.2, 0.25) is 0 Å². The first-order valence-electron chi connectivity index (χ1n) is 6.96. The van der Waals surface area contributed by atoms with Gasteiger partial charge in [0.1, 0.15) is 6.10 Å². The Morgan fingerprint density at radius 3 is 2.85 bits per heavy atom. The van der Waals surface area contributed by atoms with Crippen LogP contribution in [-0.2, 0) is 19.1 Å². The van der Waals surface area contributed by atoms with E-state index in [1.54, 1.807) is 6.92 Å². The number of esters is 2. The van der Waals surface area contributed by atoms with Gasteiger partial charge < -0.3 is 14.6 Å². The number of carbonyl (C=O) groups is 2. The molecule has 1 N–H and O–H groups in total. The maximum absolute atomic E-state index is 12.1. The van der Waals surface area contributed by atoms with Crippen molar-refractivity contribution >= 4 is 11.9 Å². The highest BCUT2D eigenvalue weighted by Crippen LogP contribution is 2.61. The fraction of sp³-hybridized carbons (Fsp3) is 0.600. The van der Waals surface area contributed by atoms with Crippen LogP contribution in [0.3, 0.4) is 0 Å². The topological polar surface area (TPSA) is 72.8 Å². The molecule has 0 aromatic heterocycles. The highest BCUT2D eigenvalue weighted by molar-refractivity contribution is 5.96. The van der Waals surface area contributed by atoms with Crippen LogP contribution in [-0.4, -0.2) is 28.9 Å². The van der Waals surface area contributed by atoms with Gasteiger partial charge in [-0.15, -0.1) is 0 Å². The Labute approximate surface area is 116 Å². The number of allylic oxidation sites excluding steroid dienone is 1. The molecule has 20 heavy (non-hydrogen) atoms. The second-order valence-corrected chi connectivity index (χ2v) is 6.38. The summed E-state index contributed by atoms with van der Waals surface area (Å²) in [4.78, 5) is 23.9. The second-order valence-electron chi connectivity index (χ2n) is 6.38. The lowest BCUT2D eigenvalue weighted by molar-refractivity contribution is -0.206. The van der Waals surface area contributed by atoms with E-state index in [1.165, 1.54) is 0 Å². The monoisotopic (exact) mass is 276 g/mol. The van der Waals surface area contributed by atoms with Gasteiger partial charge in [0, 0.05) is 23.0 Å². The molecule has 2 aliphatic carbocycles. The largest absolute Gasteiger partial charge is 0.453 e. The summed E-state index contributed by atoms with van der Waals surface area (Å²) in [5, 5.41) is 10.7. The number of carbonyl (C=O) groups excluding carboxylic acids is 2. The Morgan fingerprint density at radius 2 is 2.10 bits per heavy atom. The summed E-state index contributed by atoms with van der Waals surface area (Å²) in [5.41, 5.74) is 1.06. The van der Waals surface area contributed by atoms with E-state index in [1.807, 2.05) is 13.0 Å². The summed E-state index contributed by atoms with van der Waals surface area (Å²) in [7, 11) is 0. The molecule has 0 radical (unpaired) electrons. The third kappa shape index (κ3) is 1.14. The van der Waals surface area contributed by atoms with Crippen LogP contribution < -0.4 is 0 Å². The number of rotatable bonds is 0. The van der Waals surface area contributed by atoms with Crippen LogP contribution in [0.5, 0.6) is 0 Å². The van der Waals surface area contributed by atoms with Crippen LogP contribution >= 0.6 is 0 Å². The van der Waals surface area contributed by atoms with Crippen molar-refractivity contribution in [2.24, 2.45) is 11.3 Å². The first kappa shape index (κ1) is 12.1. The highest BCUT2D eigenvalue weighted by Gasteiger charge is 2.67. The lowest BCUT2D eigenvalue weighted by Gasteiger charge is -2.48. The fourth-order valence-electron chi connectivity index (χ4n) is 4.37.